The van der Waals surface area contributed by atoms with Gasteiger partial charge < -0.3 is 10.1 Å². The summed E-state index contributed by atoms with van der Waals surface area (Å²) in [5.74, 6) is 0.849. The minimum Gasteiger partial charge on any atom is -0.381 e. The summed E-state index contributed by atoms with van der Waals surface area (Å²) in [6, 6.07) is 0. The fourth-order valence-corrected chi connectivity index (χ4v) is 2.87. The maximum atomic E-state index is 12.0. The Bertz CT molecular complexity index is 408. The molecule has 1 saturated heterocycles. The molecule has 2 heterocycles. The average molecular weight is 252 g/mol. The molecular weight excluding hydrogens is 236 g/mol. The van der Waals surface area contributed by atoms with Crippen molar-refractivity contribution >= 4 is 22.4 Å². The van der Waals surface area contributed by atoms with Crippen LogP contribution in [0.4, 0.5) is 5.13 Å². The highest BCUT2D eigenvalue weighted by atomic mass is 32.1. The van der Waals surface area contributed by atoms with Gasteiger partial charge in [0, 0.05) is 30.4 Å². The SMILES string of the molecule is O=C(Nc1nc(C2CC2)cs1)C1CCOCC1. The van der Waals surface area contributed by atoms with Crippen molar-refractivity contribution in [3.8, 4) is 0 Å². The zero-order valence-electron chi connectivity index (χ0n) is 9.65. The molecule has 1 aromatic heterocycles. The molecule has 0 spiro atoms. The van der Waals surface area contributed by atoms with Gasteiger partial charge in [-0.05, 0) is 25.7 Å². The molecule has 1 saturated carbocycles. The zero-order chi connectivity index (χ0) is 11.7. The topological polar surface area (TPSA) is 51.2 Å². The second-order valence-electron chi connectivity index (χ2n) is 4.73. The van der Waals surface area contributed by atoms with E-state index in [-0.39, 0.29) is 11.8 Å². The van der Waals surface area contributed by atoms with Crippen LogP contribution in [-0.2, 0) is 9.53 Å². The van der Waals surface area contributed by atoms with Crippen molar-refractivity contribution in [3.63, 3.8) is 0 Å². The summed E-state index contributed by atoms with van der Waals surface area (Å²) in [5, 5.41) is 5.75. The summed E-state index contributed by atoms with van der Waals surface area (Å²) in [6.07, 6.45) is 4.15. The van der Waals surface area contributed by atoms with Gasteiger partial charge in [-0.25, -0.2) is 4.98 Å². The van der Waals surface area contributed by atoms with E-state index < -0.39 is 0 Å². The Morgan fingerprint density at radius 3 is 2.82 bits per heavy atom. The highest BCUT2D eigenvalue weighted by Gasteiger charge is 2.27. The van der Waals surface area contributed by atoms with E-state index in [1.54, 1.807) is 0 Å². The zero-order valence-corrected chi connectivity index (χ0v) is 10.5. The predicted octanol–water partition coefficient (Wildman–Crippen LogP) is 2.39. The molecular formula is C12H16N2O2S. The van der Waals surface area contributed by atoms with Crippen molar-refractivity contribution < 1.29 is 9.53 Å². The third-order valence-corrected chi connectivity index (χ3v) is 4.12. The van der Waals surface area contributed by atoms with Crippen LogP contribution in [0.3, 0.4) is 0 Å². The molecule has 1 amide bonds. The molecule has 1 aliphatic heterocycles. The van der Waals surface area contributed by atoms with Gasteiger partial charge in [-0.15, -0.1) is 11.3 Å². The number of carbonyl (C=O) groups is 1. The number of rotatable bonds is 3. The fraction of sp³-hybridized carbons (Fsp3) is 0.667. The molecule has 2 fully saturated rings. The van der Waals surface area contributed by atoms with E-state index in [0.717, 1.165) is 23.7 Å². The lowest BCUT2D eigenvalue weighted by molar-refractivity contribution is -0.122. The van der Waals surface area contributed by atoms with Crippen LogP contribution in [0.1, 0.15) is 37.3 Å². The largest absolute Gasteiger partial charge is 0.381 e. The Kier molecular flexibility index (Phi) is 3.11. The first-order valence-electron chi connectivity index (χ1n) is 6.17. The minimum absolute atomic E-state index is 0.0945. The van der Waals surface area contributed by atoms with Gasteiger partial charge in [0.05, 0.1) is 5.69 Å². The summed E-state index contributed by atoms with van der Waals surface area (Å²) >= 11 is 1.54. The fourth-order valence-electron chi connectivity index (χ4n) is 2.08. The molecule has 0 radical (unpaired) electrons. The number of nitrogens with zero attached hydrogens (tertiary/aromatic N) is 1. The molecule has 17 heavy (non-hydrogen) atoms. The number of carbonyl (C=O) groups excluding carboxylic acids is 1. The molecule has 0 unspecified atom stereocenters. The second kappa shape index (κ2) is 4.74. The molecule has 0 bridgehead atoms. The van der Waals surface area contributed by atoms with Crippen molar-refractivity contribution in [2.75, 3.05) is 18.5 Å². The summed E-state index contributed by atoms with van der Waals surface area (Å²) in [5.41, 5.74) is 1.15. The molecule has 1 aromatic rings. The van der Waals surface area contributed by atoms with E-state index in [9.17, 15) is 4.79 Å². The van der Waals surface area contributed by atoms with Gasteiger partial charge in [0.25, 0.3) is 0 Å². The monoisotopic (exact) mass is 252 g/mol. The Hall–Kier alpha value is -0.940. The van der Waals surface area contributed by atoms with Crippen LogP contribution in [-0.4, -0.2) is 24.1 Å². The number of thiazole rings is 1. The quantitative estimate of drug-likeness (QED) is 0.898. The van der Waals surface area contributed by atoms with Crippen molar-refractivity contribution in [2.45, 2.75) is 31.6 Å². The standard InChI is InChI=1S/C12H16N2O2S/c15-11(9-3-5-16-6-4-9)14-12-13-10(7-17-12)8-1-2-8/h7-9H,1-6H2,(H,13,14,15). The van der Waals surface area contributed by atoms with Gasteiger partial charge >= 0.3 is 0 Å². The minimum atomic E-state index is 0.0945. The lowest BCUT2D eigenvalue weighted by Gasteiger charge is -2.20. The molecule has 5 heteroatoms. The van der Waals surface area contributed by atoms with Gasteiger partial charge in [0.2, 0.25) is 5.91 Å². The summed E-state index contributed by atoms with van der Waals surface area (Å²) < 4.78 is 5.25. The van der Waals surface area contributed by atoms with Crippen molar-refractivity contribution in [1.29, 1.82) is 0 Å². The van der Waals surface area contributed by atoms with Gasteiger partial charge in [-0.3, -0.25) is 4.79 Å². The highest BCUT2D eigenvalue weighted by Crippen LogP contribution is 2.40. The number of amides is 1. The number of nitrogens with one attached hydrogen (secondary N) is 1. The first-order valence-corrected chi connectivity index (χ1v) is 7.05. The lowest BCUT2D eigenvalue weighted by Crippen LogP contribution is -2.28. The van der Waals surface area contributed by atoms with E-state index in [2.05, 4.69) is 15.7 Å². The third kappa shape index (κ3) is 2.66. The number of hydrogen-bond acceptors (Lipinski definition) is 4. The van der Waals surface area contributed by atoms with Gasteiger partial charge in [0.1, 0.15) is 0 Å². The molecule has 3 rings (SSSR count). The van der Waals surface area contributed by atoms with Crippen LogP contribution in [0.25, 0.3) is 0 Å². The van der Waals surface area contributed by atoms with Crippen LogP contribution in [0.15, 0.2) is 5.38 Å². The van der Waals surface area contributed by atoms with Crippen LogP contribution in [0, 0.1) is 5.92 Å². The average Bonchev–Trinajstić information content (AvgIpc) is 3.12. The Balaban J connectivity index is 1.58. The van der Waals surface area contributed by atoms with E-state index in [1.807, 2.05) is 0 Å². The third-order valence-electron chi connectivity index (χ3n) is 3.34. The molecule has 0 aromatic carbocycles. The summed E-state index contributed by atoms with van der Waals surface area (Å²) in [7, 11) is 0. The number of ether oxygens (including phenoxy) is 1. The van der Waals surface area contributed by atoms with Gasteiger partial charge in [-0.2, -0.15) is 0 Å². The second-order valence-corrected chi connectivity index (χ2v) is 5.59. The van der Waals surface area contributed by atoms with Crippen molar-refractivity contribution in [2.24, 2.45) is 5.92 Å². The van der Waals surface area contributed by atoms with Crippen LogP contribution in [0.2, 0.25) is 0 Å². The molecule has 0 atom stereocenters. The van der Waals surface area contributed by atoms with Crippen molar-refractivity contribution in [3.05, 3.63) is 11.1 Å². The first kappa shape index (κ1) is 11.2. The Morgan fingerprint density at radius 1 is 1.35 bits per heavy atom. The van der Waals surface area contributed by atoms with E-state index in [0.29, 0.717) is 19.1 Å². The molecule has 4 nitrogen and oxygen atoms in total. The molecule has 2 aliphatic rings. The van der Waals surface area contributed by atoms with E-state index in [1.165, 1.54) is 24.2 Å². The Labute approximate surface area is 104 Å². The van der Waals surface area contributed by atoms with E-state index >= 15 is 0 Å². The molecule has 92 valence electrons. The smallest absolute Gasteiger partial charge is 0.229 e. The first-order chi connectivity index (χ1) is 8.33. The lowest BCUT2D eigenvalue weighted by atomic mass is 10.00. The van der Waals surface area contributed by atoms with Crippen LogP contribution in [0.5, 0.6) is 0 Å². The van der Waals surface area contributed by atoms with Crippen molar-refractivity contribution in [1.82, 2.24) is 4.98 Å². The maximum Gasteiger partial charge on any atom is 0.229 e. The predicted molar refractivity (Wildman–Crippen MR) is 66.3 cm³/mol. The molecule has 1 N–H and O–H groups in total. The summed E-state index contributed by atoms with van der Waals surface area (Å²) in [6.45, 7) is 1.40. The van der Waals surface area contributed by atoms with Gasteiger partial charge in [0.15, 0.2) is 5.13 Å². The van der Waals surface area contributed by atoms with Crippen LogP contribution >= 0.6 is 11.3 Å². The normalized spacial score (nSPS) is 21.4. The number of anilines is 1. The highest BCUT2D eigenvalue weighted by molar-refractivity contribution is 7.13. The number of hydrogen-bond donors (Lipinski definition) is 1. The summed E-state index contributed by atoms with van der Waals surface area (Å²) in [4.78, 5) is 16.4. The molecule has 1 aliphatic carbocycles. The van der Waals surface area contributed by atoms with E-state index in [4.69, 9.17) is 4.74 Å². The maximum absolute atomic E-state index is 12.0. The van der Waals surface area contributed by atoms with Gasteiger partial charge in [-0.1, -0.05) is 0 Å². The van der Waals surface area contributed by atoms with Crippen LogP contribution < -0.4 is 5.32 Å². The Morgan fingerprint density at radius 2 is 2.12 bits per heavy atom. The number of aromatic nitrogens is 1.